The van der Waals surface area contributed by atoms with Gasteiger partial charge in [0, 0.05) is 23.8 Å². The molecule has 1 saturated heterocycles. The van der Waals surface area contributed by atoms with Gasteiger partial charge in [0.1, 0.15) is 5.75 Å². The van der Waals surface area contributed by atoms with E-state index in [0.29, 0.717) is 6.04 Å². The van der Waals surface area contributed by atoms with Gasteiger partial charge in [-0.1, -0.05) is 13.0 Å². The van der Waals surface area contributed by atoms with Crippen LogP contribution in [0.15, 0.2) is 18.2 Å². The van der Waals surface area contributed by atoms with E-state index in [4.69, 9.17) is 15.2 Å². The molecule has 1 aliphatic rings. The zero-order valence-electron chi connectivity index (χ0n) is 12.9. The van der Waals surface area contributed by atoms with Gasteiger partial charge in [-0.3, -0.25) is 0 Å². The van der Waals surface area contributed by atoms with Crippen molar-refractivity contribution in [3.05, 3.63) is 23.8 Å². The number of nitrogens with zero attached hydrogens (tertiary/aromatic N) is 1. The van der Waals surface area contributed by atoms with Gasteiger partial charge in [-0.05, 0) is 32.4 Å². The zero-order chi connectivity index (χ0) is 14.7. The molecule has 0 bridgehead atoms. The molecule has 1 aromatic carbocycles. The van der Waals surface area contributed by atoms with Crippen LogP contribution in [-0.2, 0) is 4.74 Å². The van der Waals surface area contributed by atoms with E-state index >= 15 is 0 Å². The Morgan fingerprint density at radius 2 is 2.25 bits per heavy atom. The average molecular weight is 278 g/mol. The molecule has 20 heavy (non-hydrogen) atoms. The molecular formula is C16H26N2O2. The monoisotopic (exact) mass is 278 g/mol. The van der Waals surface area contributed by atoms with Gasteiger partial charge in [-0.25, -0.2) is 0 Å². The molecule has 4 heteroatoms. The van der Waals surface area contributed by atoms with Crippen molar-refractivity contribution in [3.8, 4) is 5.75 Å². The smallest absolute Gasteiger partial charge is 0.125 e. The van der Waals surface area contributed by atoms with Gasteiger partial charge in [-0.15, -0.1) is 0 Å². The first-order valence-electron chi connectivity index (χ1n) is 7.39. The Labute approximate surface area is 121 Å². The molecule has 4 nitrogen and oxygen atoms in total. The van der Waals surface area contributed by atoms with E-state index in [0.717, 1.165) is 30.9 Å². The van der Waals surface area contributed by atoms with E-state index in [9.17, 15) is 0 Å². The molecular weight excluding hydrogens is 252 g/mol. The van der Waals surface area contributed by atoms with Crippen LogP contribution in [0.5, 0.6) is 5.75 Å². The van der Waals surface area contributed by atoms with Crippen LogP contribution < -0.4 is 15.4 Å². The largest absolute Gasteiger partial charge is 0.496 e. The van der Waals surface area contributed by atoms with Gasteiger partial charge in [0.05, 0.1) is 25.9 Å². The maximum absolute atomic E-state index is 6.18. The van der Waals surface area contributed by atoms with Crippen LogP contribution in [-0.4, -0.2) is 32.4 Å². The Hall–Kier alpha value is -1.26. The normalized spacial score (nSPS) is 24.6. The van der Waals surface area contributed by atoms with E-state index in [2.05, 4.69) is 24.8 Å². The summed E-state index contributed by atoms with van der Waals surface area (Å²) in [6.45, 7) is 7.98. The fraction of sp³-hybridized carbons (Fsp3) is 0.625. The van der Waals surface area contributed by atoms with Gasteiger partial charge < -0.3 is 20.1 Å². The standard InChI is InChI=1S/C16H26N2O2/c1-5-13-10-20-11(2)9-18(13)14-7-6-8-15(19-4)16(14)12(3)17/h6-8,11-13H,5,9-10,17H2,1-4H3/t11?,12-,13?/m1/s1. The Morgan fingerprint density at radius 3 is 2.85 bits per heavy atom. The Kier molecular flexibility index (Phi) is 4.89. The lowest BCUT2D eigenvalue weighted by Gasteiger charge is -2.41. The SMILES string of the molecule is CCC1COC(C)CN1c1cccc(OC)c1[C@@H](C)N. The number of rotatable bonds is 4. The fourth-order valence-electron chi connectivity index (χ4n) is 2.90. The molecule has 0 amide bonds. The van der Waals surface area contributed by atoms with Crippen LogP contribution in [0.3, 0.4) is 0 Å². The van der Waals surface area contributed by atoms with Crippen molar-refractivity contribution in [2.24, 2.45) is 5.73 Å². The number of anilines is 1. The molecule has 3 atom stereocenters. The van der Waals surface area contributed by atoms with E-state index in [1.165, 1.54) is 5.69 Å². The minimum atomic E-state index is -0.0585. The molecule has 112 valence electrons. The van der Waals surface area contributed by atoms with Crippen LogP contribution in [0.25, 0.3) is 0 Å². The lowest BCUT2D eigenvalue weighted by molar-refractivity contribution is 0.0298. The molecule has 0 spiro atoms. The highest BCUT2D eigenvalue weighted by Gasteiger charge is 2.28. The highest BCUT2D eigenvalue weighted by atomic mass is 16.5. The van der Waals surface area contributed by atoms with Crippen molar-refractivity contribution in [2.45, 2.75) is 45.4 Å². The molecule has 0 radical (unpaired) electrons. The van der Waals surface area contributed by atoms with Crippen LogP contribution >= 0.6 is 0 Å². The van der Waals surface area contributed by atoms with E-state index < -0.39 is 0 Å². The first kappa shape index (κ1) is 15.1. The van der Waals surface area contributed by atoms with Crippen molar-refractivity contribution in [1.29, 1.82) is 0 Å². The number of morpholine rings is 1. The average Bonchev–Trinajstić information content (AvgIpc) is 2.46. The third-order valence-corrected chi connectivity index (χ3v) is 3.97. The van der Waals surface area contributed by atoms with Gasteiger partial charge in [0.25, 0.3) is 0 Å². The Bertz CT molecular complexity index is 448. The predicted octanol–water partition coefficient (Wildman–Crippen LogP) is 2.72. The summed E-state index contributed by atoms with van der Waals surface area (Å²) in [5.74, 6) is 0.867. The maximum atomic E-state index is 6.18. The molecule has 0 saturated carbocycles. The van der Waals surface area contributed by atoms with Gasteiger partial charge >= 0.3 is 0 Å². The highest BCUT2D eigenvalue weighted by Crippen LogP contribution is 2.36. The van der Waals surface area contributed by atoms with Crippen molar-refractivity contribution in [2.75, 3.05) is 25.2 Å². The molecule has 2 N–H and O–H groups in total. The molecule has 1 heterocycles. The van der Waals surface area contributed by atoms with Crippen molar-refractivity contribution < 1.29 is 9.47 Å². The fourth-order valence-corrected chi connectivity index (χ4v) is 2.90. The van der Waals surface area contributed by atoms with E-state index in [-0.39, 0.29) is 12.1 Å². The lowest BCUT2D eigenvalue weighted by Crippen LogP contribution is -2.49. The topological polar surface area (TPSA) is 47.7 Å². The third-order valence-electron chi connectivity index (χ3n) is 3.97. The second-order valence-corrected chi connectivity index (χ2v) is 5.54. The van der Waals surface area contributed by atoms with Crippen LogP contribution in [0.4, 0.5) is 5.69 Å². The summed E-state index contributed by atoms with van der Waals surface area (Å²) < 4.78 is 11.3. The minimum Gasteiger partial charge on any atom is -0.496 e. The number of ether oxygens (including phenoxy) is 2. The summed E-state index contributed by atoms with van der Waals surface area (Å²) in [7, 11) is 1.70. The summed E-state index contributed by atoms with van der Waals surface area (Å²) in [5, 5.41) is 0. The van der Waals surface area contributed by atoms with Gasteiger partial charge in [-0.2, -0.15) is 0 Å². The van der Waals surface area contributed by atoms with Gasteiger partial charge in [0.15, 0.2) is 0 Å². The van der Waals surface area contributed by atoms with E-state index in [1.807, 2.05) is 19.1 Å². The molecule has 1 aliphatic heterocycles. The molecule has 0 aromatic heterocycles. The van der Waals surface area contributed by atoms with Crippen LogP contribution in [0.2, 0.25) is 0 Å². The third kappa shape index (κ3) is 2.91. The number of hydrogen-bond acceptors (Lipinski definition) is 4. The van der Waals surface area contributed by atoms with Crippen LogP contribution in [0.1, 0.15) is 38.8 Å². The Balaban J connectivity index is 2.44. The highest BCUT2D eigenvalue weighted by molar-refractivity contribution is 5.61. The summed E-state index contributed by atoms with van der Waals surface area (Å²) in [4.78, 5) is 2.43. The first-order chi connectivity index (χ1) is 9.58. The number of methoxy groups -OCH3 is 1. The predicted molar refractivity (Wildman–Crippen MR) is 82.4 cm³/mol. The summed E-state index contributed by atoms with van der Waals surface area (Å²) in [5.41, 5.74) is 8.45. The first-order valence-corrected chi connectivity index (χ1v) is 7.39. The zero-order valence-corrected chi connectivity index (χ0v) is 12.9. The maximum Gasteiger partial charge on any atom is 0.125 e. The second-order valence-electron chi connectivity index (χ2n) is 5.54. The number of nitrogens with two attached hydrogens (primary N) is 1. The van der Waals surface area contributed by atoms with Crippen molar-refractivity contribution in [3.63, 3.8) is 0 Å². The van der Waals surface area contributed by atoms with Crippen LogP contribution in [0, 0.1) is 0 Å². The quantitative estimate of drug-likeness (QED) is 0.920. The Morgan fingerprint density at radius 1 is 1.50 bits per heavy atom. The van der Waals surface area contributed by atoms with Gasteiger partial charge in [0.2, 0.25) is 0 Å². The number of benzene rings is 1. The summed E-state index contributed by atoms with van der Waals surface area (Å²) in [6, 6.07) is 6.49. The minimum absolute atomic E-state index is 0.0585. The number of hydrogen-bond donors (Lipinski definition) is 1. The van der Waals surface area contributed by atoms with E-state index in [1.54, 1.807) is 7.11 Å². The lowest BCUT2D eigenvalue weighted by atomic mass is 10.0. The molecule has 2 unspecified atom stereocenters. The van der Waals surface area contributed by atoms with Crippen molar-refractivity contribution >= 4 is 5.69 Å². The summed E-state index contributed by atoms with van der Waals surface area (Å²) in [6.07, 6.45) is 1.30. The summed E-state index contributed by atoms with van der Waals surface area (Å²) >= 11 is 0. The molecule has 1 fully saturated rings. The van der Waals surface area contributed by atoms with Crippen molar-refractivity contribution in [1.82, 2.24) is 0 Å². The second kappa shape index (κ2) is 6.46. The molecule has 0 aliphatic carbocycles. The molecule has 1 aromatic rings. The molecule has 2 rings (SSSR count).